The molecular formula is C12H16F3NO2. The first-order valence-electron chi connectivity index (χ1n) is 5.38. The highest BCUT2D eigenvalue weighted by molar-refractivity contribution is 5.49. The van der Waals surface area contributed by atoms with Crippen molar-refractivity contribution in [1.29, 1.82) is 0 Å². The molecule has 0 amide bonds. The predicted octanol–water partition coefficient (Wildman–Crippen LogP) is 2.78. The lowest BCUT2D eigenvalue weighted by Gasteiger charge is -2.20. The predicted molar refractivity (Wildman–Crippen MR) is 62.0 cm³/mol. The van der Waals surface area contributed by atoms with Crippen LogP contribution in [0.4, 0.5) is 13.2 Å². The molecule has 1 aromatic carbocycles. The van der Waals surface area contributed by atoms with E-state index in [4.69, 9.17) is 15.2 Å². The Morgan fingerprint density at radius 2 is 1.67 bits per heavy atom. The van der Waals surface area contributed by atoms with Crippen LogP contribution in [0.5, 0.6) is 11.5 Å². The summed E-state index contributed by atoms with van der Waals surface area (Å²) in [6.07, 6.45) is -4.45. The zero-order chi connectivity index (χ0) is 13.9. The SMILES string of the molecule is COc1cc(C(C)CN)c(C(F)(F)F)cc1OC. The third-order valence-electron chi connectivity index (χ3n) is 2.75. The number of halogens is 3. The monoisotopic (exact) mass is 263 g/mol. The van der Waals surface area contributed by atoms with Crippen LogP contribution < -0.4 is 15.2 Å². The van der Waals surface area contributed by atoms with Crippen molar-refractivity contribution in [2.75, 3.05) is 20.8 Å². The highest BCUT2D eigenvalue weighted by Crippen LogP contribution is 2.41. The van der Waals surface area contributed by atoms with Crippen LogP contribution in [0.2, 0.25) is 0 Å². The maximum Gasteiger partial charge on any atom is 0.416 e. The summed E-state index contributed by atoms with van der Waals surface area (Å²) in [7, 11) is 2.67. The van der Waals surface area contributed by atoms with Crippen LogP contribution in [0.1, 0.15) is 24.0 Å². The molecule has 0 aliphatic rings. The van der Waals surface area contributed by atoms with Crippen LogP contribution in [-0.2, 0) is 6.18 Å². The highest BCUT2D eigenvalue weighted by atomic mass is 19.4. The average Bonchev–Trinajstić information content (AvgIpc) is 2.34. The molecule has 0 spiro atoms. The molecule has 0 heterocycles. The maximum absolute atomic E-state index is 13.0. The third kappa shape index (κ3) is 2.87. The quantitative estimate of drug-likeness (QED) is 0.908. The van der Waals surface area contributed by atoms with E-state index in [2.05, 4.69) is 0 Å². The number of ether oxygens (including phenoxy) is 2. The molecule has 0 saturated carbocycles. The molecule has 0 fully saturated rings. The Hall–Kier alpha value is -1.43. The number of hydrogen-bond acceptors (Lipinski definition) is 3. The molecule has 18 heavy (non-hydrogen) atoms. The lowest BCUT2D eigenvalue weighted by Crippen LogP contribution is -2.16. The van der Waals surface area contributed by atoms with Gasteiger partial charge in [-0.1, -0.05) is 6.92 Å². The Morgan fingerprint density at radius 3 is 2.06 bits per heavy atom. The first-order chi connectivity index (χ1) is 8.35. The molecule has 0 saturated heterocycles. The summed E-state index contributed by atoms with van der Waals surface area (Å²) in [5.41, 5.74) is 4.81. The standard InChI is InChI=1S/C12H16F3NO2/c1-7(6-16)8-4-10(17-2)11(18-3)5-9(8)12(13,14)15/h4-5,7H,6,16H2,1-3H3. The fourth-order valence-corrected chi connectivity index (χ4v) is 1.67. The minimum absolute atomic E-state index is 0.0535. The zero-order valence-electron chi connectivity index (χ0n) is 10.5. The van der Waals surface area contributed by atoms with Crippen molar-refractivity contribution in [3.63, 3.8) is 0 Å². The average molecular weight is 263 g/mol. The number of methoxy groups -OCH3 is 2. The fraction of sp³-hybridized carbons (Fsp3) is 0.500. The summed E-state index contributed by atoms with van der Waals surface area (Å²) in [5, 5.41) is 0. The van der Waals surface area contributed by atoms with Crippen molar-refractivity contribution in [3.8, 4) is 11.5 Å². The smallest absolute Gasteiger partial charge is 0.416 e. The third-order valence-corrected chi connectivity index (χ3v) is 2.75. The summed E-state index contributed by atoms with van der Waals surface area (Å²) >= 11 is 0. The van der Waals surface area contributed by atoms with Gasteiger partial charge in [-0.15, -0.1) is 0 Å². The van der Waals surface area contributed by atoms with Gasteiger partial charge >= 0.3 is 6.18 Å². The molecule has 0 aliphatic carbocycles. The van der Waals surface area contributed by atoms with E-state index in [1.807, 2.05) is 0 Å². The van der Waals surface area contributed by atoms with Crippen LogP contribution in [-0.4, -0.2) is 20.8 Å². The van der Waals surface area contributed by atoms with Crippen LogP contribution >= 0.6 is 0 Å². The Balaban J connectivity index is 3.46. The van der Waals surface area contributed by atoms with Crippen molar-refractivity contribution in [2.45, 2.75) is 19.0 Å². The van der Waals surface area contributed by atoms with E-state index in [1.54, 1.807) is 6.92 Å². The van der Waals surface area contributed by atoms with E-state index < -0.39 is 17.7 Å². The highest BCUT2D eigenvalue weighted by Gasteiger charge is 2.35. The Bertz CT molecular complexity index is 419. The van der Waals surface area contributed by atoms with Gasteiger partial charge in [0.2, 0.25) is 0 Å². The van der Waals surface area contributed by atoms with E-state index in [0.29, 0.717) is 0 Å². The number of alkyl halides is 3. The molecule has 1 atom stereocenters. The van der Waals surface area contributed by atoms with E-state index >= 15 is 0 Å². The van der Waals surface area contributed by atoms with Crippen LogP contribution in [0.15, 0.2) is 12.1 Å². The molecule has 102 valence electrons. The Labute approximate surface area is 104 Å². The van der Waals surface area contributed by atoms with Gasteiger partial charge in [-0.25, -0.2) is 0 Å². The van der Waals surface area contributed by atoms with Gasteiger partial charge in [0.1, 0.15) is 0 Å². The van der Waals surface area contributed by atoms with Crippen molar-refractivity contribution >= 4 is 0 Å². The second-order valence-corrected chi connectivity index (χ2v) is 3.93. The summed E-state index contributed by atoms with van der Waals surface area (Å²) in [6.45, 7) is 1.76. The molecule has 0 radical (unpaired) electrons. The first-order valence-corrected chi connectivity index (χ1v) is 5.38. The van der Waals surface area contributed by atoms with Gasteiger partial charge in [-0.05, 0) is 30.2 Å². The van der Waals surface area contributed by atoms with Crippen LogP contribution in [0, 0.1) is 0 Å². The molecule has 0 aliphatic heterocycles. The first kappa shape index (κ1) is 14.6. The maximum atomic E-state index is 13.0. The van der Waals surface area contributed by atoms with Gasteiger partial charge in [0.05, 0.1) is 19.8 Å². The largest absolute Gasteiger partial charge is 0.493 e. The van der Waals surface area contributed by atoms with Gasteiger partial charge in [-0.3, -0.25) is 0 Å². The minimum Gasteiger partial charge on any atom is -0.493 e. The number of nitrogens with two attached hydrogens (primary N) is 1. The molecule has 1 rings (SSSR count). The summed E-state index contributed by atoms with van der Waals surface area (Å²) in [5.74, 6) is -0.0972. The zero-order valence-corrected chi connectivity index (χ0v) is 10.5. The normalized spacial score (nSPS) is 13.3. The van der Waals surface area contributed by atoms with Crippen LogP contribution in [0.3, 0.4) is 0 Å². The van der Waals surface area contributed by atoms with Gasteiger partial charge in [0.25, 0.3) is 0 Å². The molecular weight excluding hydrogens is 247 g/mol. The van der Waals surface area contributed by atoms with E-state index in [0.717, 1.165) is 6.07 Å². The van der Waals surface area contributed by atoms with Crippen molar-refractivity contribution < 1.29 is 22.6 Å². The molecule has 1 aromatic rings. The lowest BCUT2D eigenvalue weighted by atomic mass is 9.94. The van der Waals surface area contributed by atoms with E-state index in [-0.39, 0.29) is 23.6 Å². The van der Waals surface area contributed by atoms with Gasteiger partial charge in [0.15, 0.2) is 11.5 Å². The van der Waals surface area contributed by atoms with Crippen LogP contribution in [0.25, 0.3) is 0 Å². The molecule has 6 heteroatoms. The second-order valence-electron chi connectivity index (χ2n) is 3.93. The summed E-state index contributed by atoms with van der Waals surface area (Å²) in [4.78, 5) is 0. The summed E-state index contributed by atoms with van der Waals surface area (Å²) < 4.78 is 48.8. The fourth-order valence-electron chi connectivity index (χ4n) is 1.67. The molecule has 0 aromatic heterocycles. The van der Waals surface area contributed by atoms with Gasteiger partial charge < -0.3 is 15.2 Å². The Morgan fingerprint density at radius 1 is 1.17 bits per heavy atom. The Kier molecular flexibility index (Phi) is 4.45. The number of benzene rings is 1. The van der Waals surface area contributed by atoms with E-state index in [1.165, 1.54) is 20.3 Å². The topological polar surface area (TPSA) is 44.5 Å². The minimum atomic E-state index is -4.45. The van der Waals surface area contributed by atoms with Crippen molar-refractivity contribution in [3.05, 3.63) is 23.3 Å². The lowest BCUT2D eigenvalue weighted by molar-refractivity contribution is -0.138. The van der Waals surface area contributed by atoms with Gasteiger partial charge in [-0.2, -0.15) is 13.2 Å². The molecule has 2 N–H and O–H groups in total. The van der Waals surface area contributed by atoms with E-state index in [9.17, 15) is 13.2 Å². The number of hydrogen-bond donors (Lipinski definition) is 1. The second kappa shape index (κ2) is 5.48. The molecule has 1 unspecified atom stereocenters. The van der Waals surface area contributed by atoms with Crippen molar-refractivity contribution in [2.24, 2.45) is 5.73 Å². The van der Waals surface area contributed by atoms with Gasteiger partial charge in [0, 0.05) is 0 Å². The summed E-state index contributed by atoms with van der Waals surface area (Å²) in [6, 6.07) is 2.28. The molecule has 0 bridgehead atoms. The van der Waals surface area contributed by atoms with Crippen molar-refractivity contribution in [1.82, 2.24) is 0 Å². The number of rotatable bonds is 4. The molecule has 3 nitrogen and oxygen atoms in total.